The Bertz CT molecular complexity index is 1140. The SMILES string of the molecule is CC1=C[C@H]2C[C@H]1[C@H]1C(=O)N(c3cccc(C(=O)Nc4cc(Cl)ccc4C)c3)C(=O)[C@H]12. The molecule has 5 rings (SSSR count). The maximum Gasteiger partial charge on any atom is 0.255 e. The first-order valence-electron chi connectivity index (χ1n) is 10.1. The Kier molecular flexibility index (Phi) is 4.33. The van der Waals surface area contributed by atoms with Crippen molar-refractivity contribution in [3.05, 3.63) is 70.3 Å². The highest BCUT2D eigenvalue weighted by molar-refractivity contribution is 6.31. The summed E-state index contributed by atoms with van der Waals surface area (Å²) >= 11 is 6.04. The first kappa shape index (κ1) is 19.1. The highest BCUT2D eigenvalue weighted by Crippen LogP contribution is 2.55. The number of aryl methyl sites for hydroxylation is 1. The molecule has 1 N–H and O–H groups in total. The van der Waals surface area contributed by atoms with Crippen LogP contribution in [-0.2, 0) is 9.59 Å². The lowest BCUT2D eigenvalue weighted by molar-refractivity contribution is -0.123. The van der Waals surface area contributed by atoms with Gasteiger partial charge in [-0.25, -0.2) is 4.90 Å². The second kappa shape index (κ2) is 6.81. The zero-order chi connectivity index (χ0) is 21.2. The van der Waals surface area contributed by atoms with Crippen LogP contribution in [0.2, 0.25) is 5.02 Å². The van der Waals surface area contributed by atoms with E-state index in [0.29, 0.717) is 22.0 Å². The van der Waals surface area contributed by atoms with Crippen molar-refractivity contribution in [2.75, 3.05) is 10.2 Å². The molecule has 30 heavy (non-hydrogen) atoms. The molecule has 1 saturated carbocycles. The van der Waals surface area contributed by atoms with Crippen molar-refractivity contribution < 1.29 is 14.4 Å². The molecule has 152 valence electrons. The fourth-order valence-corrected chi connectivity index (χ4v) is 5.41. The standard InChI is InChI=1S/C24H21ClN2O3/c1-12-6-7-16(25)11-19(12)26-22(28)14-4-3-5-17(9-14)27-23(29)20-15-8-13(2)18(10-15)21(20)24(27)30/h3-9,11,15,18,20-21H,10H2,1-2H3,(H,26,28)/t15-,18+,20-,21+/m0/s1. The zero-order valence-corrected chi connectivity index (χ0v) is 17.4. The lowest BCUT2D eigenvalue weighted by Crippen LogP contribution is -2.33. The Hall–Kier alpha value is -2.92. The summed E-state index contributed by atoms with van der Waals surface area (Å²) < 4.78 is 0. The van der Waals surface area contributed by atoms with Gasteiger partial charge in [0, 0.05) is 16.3 Å². The van der Waals surface area contributed by atoms with Crippen LogP contribution in [0.3, 0.4) is 0 Å². The molecule has 5 nitrogen and oxygen atoms in total. The van der Waals surface area contributed by atoms with E-state index in [1.807, 2.05) is 19.9 Å². The number of carbonyl (C=O) groups is 3. The lowest BCUT2D eigenvalue weighted by Gasteiger charge is -2.19. The second-order valence-corrected chi connectivity index (χ2v) is 8.88. The largest absolute Gasteiger partial charge is 0.322 e. The zero-order valence-electron chi connectivity index (χ0n) is 16.7. The van der Waals surface area contributed by atoms with Gasteiger partial charge in [0.15, 0.2) is 0 Å². The summed E-state index contributed by atoms with van der Waals surface area (Å²) in [6.07, 6.45) is 3.05. The van der Waals surface area contributed by atoms with Gasteiger partial charge in [0.1, 0.15) is 0 Å². The number of rotatable bonds is 3. The molecule has 2 aliphatic carbocycles. The quantitative estimate of drug-likeness (QED) is 0.582. The number of anilines is 2. The molecule has 3 aliphatic rings. The van der Waals surface area contributed by atoms with E-state index in [1.165, 1.54) is 10.5 Å². The van der Waals surface area contributed by atoms with Crippen LogP contribution in [0.25, 0.3) is 0 Å². The predicted octanol–water partition coefficient (Wildman–Crippen LogP) is 4.60. The molecule has 0 radical (unpaired) electrons. The molecule has 2 aromatic rings. The molecule has 1 heterocycles. The van der Waals surface area contributed by atoms with Crippen LogP contribution in [-0.4, -0.2) is 17.7 Å². The Morgan fingerprint density at radius 2 is 1.83 bits per heavy atom. The topological polar surface area (TPSA) is 66.5 Å². The minimum absolute atomic E-state index is 0.145. The number of fused-ring (bicyclic) bond motifs is 5. The van der Waals surface area contributed by atoms with Crippen LogP contribution in [0, 0.1) is 30.6 Å². The number of hydrogen-bond donors (Lipinski definition) is 1. The van der Waals surface area contributed by atoms with Crippen molar-refractivity contribution in [3.8, 4) is 0 Å². The number of nitrogens with zero attached hydrogens (tertiary/aromatic N) is 1. The monoisotopic (exact) mass is 420 g/mol. The first-order chi connectivity index (χ1) is 14.3. The van der Waals surface area contributed by atoms with Crippen molar-refractivity contribution >= 4 is 40.7 Å². The molecule has 1 aliphatic heterocycles. The Labute approximate surface area is 179 Å². The van der Waals surface area contributed by atoms with Gasteiger partial charge < -0.3 is 5.32 Å². The predicted molar refractivity (Wildman–Crippen MR) is 115 cm³/mol. The van der Waals surface area contributed by atoms with E-state index in [2.05, 4.69) is 11.4 Å². The van der Waals surface area contributed by atoms with Gasteiger partial charge in [0.25, 0.3) is 5.91 Å². The number of hydrogen-bond acceptors (Lipinski definition) is 3. The van der Waals surface area contributed by atoms with Crippen molar-refractivity contribution in [1.29, 1.82) is 0 Å². The third kappa shape index (κ3) is 2.80. The molecular formula is C24H21ClN2O3. The highest BCUT2D eigenvalue weighted by atomic mass is 35.5. The van der Waals surface area contributed by atoms with E-state index in [1.54, 1.807) is 36.4 Å². The Balaban J connectivity index is 1.42. The van der Waals surface area contributed by atoms with E-state index in [-0.39, 0.29) is 41.4 Å². The number of carbonyl (C=O) groups excluding carboxylic acids is 3. The lowest BCUT2D eigenvalue weighted by atomic mass is 9.82. The van der Waals surface area contributed by atoms with Crippen molar-refractivity contribution in [2.45, 2.75) is 20.3 Å². The molecule has 0 aromatic heterocycles. The average molecular weight is 421 g/mol. The molecule has 2 fully saturated rings. The summed E-state index contributed by atoms with van der Waals surface area (Å²) in [5.41, 5.74) is 3.56. The minimum Gasteiger partial charge on any atom is -0.322 e. The number of halogens is 1. The number of nitrogens with one attached hydrogen (secondary N) is 1. The van der Waals surface area contributed by atoms with Crippen LogP contribution >= 0.6 is 11.6 Å². The fraction of sp³-hybridized carbons (Fsp3) is 0.292. The van der Waals surface area contributed by atoms with Gasteiger partial charge in [0.2, 0.25) is 11.8 Å². The van der Waals surface area contributed by atoms with E-state index < -0.39 is 0 Å². The molecular weight excluding hydrogens is 400 g/mol. The van der Waals surface area contributed by atoms with Gasteiger partial charge in [-0.3, -0.25) is 14.4 Å². The molecule has 6 heteroatoms. The van der Waals surface area contributed by atoms with Crippen LogP contribution in [0.4, 0.5) is 11.4 Å². The highest BCUT2D eigenvalue weighted by Gasteiger charge is 2.60. The van der Waals surface area contributed by atoms with E-state index in [9.17, 15) is 14.4 Å². The molecule has 4 atom stereocenters. The van der Waals surface area contributed by atoms with Gasteiger partial charge in [-0.2, -0.15) is 0 Å². The molecule has 1 saturated heterocycles. The van der Waals surface area contributed by atoms with Crippen molar-refractivity contribution in [1.82, 2.24) is 0 Å². The van der Waals surface area contributed by atoms with Crippen molar-refractivity contribution in [3.63, 3.8) is 0 Å². The average Bonchev–Trinajstić information content (AvgIpc) is 3.35. The number of benzene rings is 2. The van der Waals surface area contributed by atoms with Crippen molar-refractivity contribution in [2.24, 2.45) is 23.7 Å². The molecule has 2 aromatic carbocycles. The Morgan fingerprint density at radius 3 is 2.63 bits per heavy atom. The summed E-state index contributed by atoms with van der Waals surface area (Å²) in [5.74, 6) is -0.828. The third-order valence-corrected chi connectivity index (χ3v) is 6.93. The van der Waals surface area contributed by atoms with Crippen LogP contribution in [0.1, 0.15) is 29.3 Å². The Morgan fingerprint density at radius 1 is 1.07 bits per heavy atom. The molecule has 0 spiro atoms. The van der Waals surface area contributed by atoms with Gasteiger partial charge in [0.05, 0.1) is 17.5 Å². The number of allylic oxidation sites excluding steroid dienone is 2. The minimum atomic E-state index is -0.320. The molecule has 0 unspecified atom stereocenters. The maximum atomic E-state index is 13.2. The molecule has 2 bridgehead atoms. The van der Waals surface area contributed by atoms with Crippen LogP contribution in [0.5, 0.6) is 0 Å². The number of amides is 3. The fourth-order valence-electron chi connectivity index (χ4n) is 5.24. The van der Waals surface area contributed by atoms with Gasteiger partial charge in [-0.05, 0) is 68.0 Å². The first-order valence-corrected chi connectivity index (χ1v) is 10.5. The van der Waals surface area contributed by atoms with Crippen LogP contribution < -0.4 is 10.2 Å². The summed E-state index contributed by atoms with van der Waals surface area (Å²) in [7, 11) is 0. The summed E-state index contributed by atoms with van der Waals surface area (Å²) in [6.45, 7) is 3.93. The normalized spacial score (nSPS) is 26.8. The second-order valence-electron chi connectivity index (χ2n) is 8.44. The van der Waals surface area contributed by atoms with Crippen LogP contribution in [0.15, 0.2) is 54.1 Å². The van der Waals surface area contributed by atoms with E-state index in [4.69, 9.17) is 11.6 Å². The van der Waals surface area contributed by atoms with Gasteiger partial charge >= 0.3 is 0 Å². The van der Waals surface area contributed by atoms with Gasteiger partial charge in [-0.15, -0.1) is 0 Å². The third-order valence-electron chi connectivity index (χ3n) is 6.70. The number of imide groups is 1. The summed E-state index contributed by atoms with van der Waals surface area (Å²) in [6, 6.07) is 12.0. The van der Waals surface area contributed by atoms with E-state index in [0.717, 1.165) is 12.0 Å². The van der Waals surface area contributed by atoms with Gasteiger partial charge in [-0.1, -0.05) is 35.4 Å². The molecule has 3 amide bonds. The maximum absolute atomic E-state index is 13.2. The summed E-state index contributed by atoms with van der Waals surface area (Å²) in [4.78, 5) is 40.3. The van der Waals surface area contributed by atoms with E-state index >= 15 is 0 Å². The smallest absolute Gasteiger partial charge is 0.255 e. The summed E-state index contributed by atoms with van der Waals surface area (Å²) in [5, 5.41) is 3.39.